The number of carboxylic acids is 2. The van der Waals surface area contributed by atoms with Crippen molar-refractivity contribution < 1.29 is 19.8 Å². The van der Waals surface area contributed by atoms with Crippen LogP contribution in [0.25, 0.3) is 0 Å². The Morgan fingerprint density at radius 3 is 2.23 bits per heavy atom. The fraction of sp³-hybridized carbons (Fsp3) is 0. The fourth-order valence-electron chi connectivity index (χ4n) is 0.748. The maximum atomic E-state index is 10.4. The van der Waals surface area contributed by atoms with Gasteiger partial charge in [-0.2, -0.15) is 0 Å². The normalized spacial score (nSPS) is 8.62. The molecule has 0 unspecified atom stereocenters. The monoisotopic (exact) mass is 207 g/mol. The van der Waals surface area contributed by atoms with Crippen LogP contribution >= 0.6 is 0 Å². The Kier molecular flexibility index (Phi) is 5.34. The van der Waals surface area contributed by atoms with Gasteiger partial charge in [0.1, 0.15) is 0 Å². The molecule has 1 aromatic rings. The number of aromatic carboxylic acids is 2. The van der Waals surface area contributed by atoms with Crippen molar-refractivity contribution in [3.8, 4) is 0 Å². The molecule has 0 aliphatic heterocycles. The number of carboxylic acid groups (broad SMARTS) is 2. The predicted octanol–water partition coefficient (Wildman–Crippen LogP) is -0.171. The zero-order valence-corrected chi connectivity index (χ0v) is 5.89. The number of carbonyl (C=O) groups is 2. The standard InChI is InChI=1S/C7H5NO4.K.H/c9-6(10)4-2-1-3-8-5(4)7(11)12;;/h1-3H,(H,9,10)(H,11,12);;. The molecule has 1 heterocycles. The number of pyridine rings is 1. The van der Waals surface area contributed by atoms with E-state index in [4.69, 9.17) is 10.2 Å². The molecule has 0 aliphatic rings. The molecule has 0 saturated heterocycles. The summed E-state index contributed by atoms with van der Waals surface area (Å²) in [6, 6.07) is 2.56. The Hall–Kier alpha value is -0.274. The molecule has 0 aliphatic carbocycles. The van der Waals surface area contributed by atoms with E-state index >= 15 is 0 Å². The van der Waals surface area contributed by atoms with E-state index in [-0.39, 0.29) is 56.9 Å². The molecule has 0 bridgehead atoms. The van der Waals surface area contributed by atoms with E-state index in [2.05, 4.69) is 4.98 Å². The second-order valence-electron chi connectivity index (χ2n) is 2.01. The number of nitrogens with zero attached hydrogens (tertiary/aromatic N) is 1. The van der Waals surface area contributed by atoms with Crippen LogP contribution < -0.4 is 0 Å². The van der Waals surface area contributed by atoms with Gasteiger partial charge in [0.15, 0.2) is 5.69 Å². The molecule has 0 amide bonds. The Morgan fingerprint density at radius 2 is 1.85 bits per heavy atom. The van der Waals surface area contributed by atoms with Gasteiger partial charge in [0.25, 0.3) is 0 Å². The number of hydrogen-bond acceptors (Lipinski definition) is 3. The first kappa shape index (κ1) is 12.7. The van der Waals surface area contributed by atoms with Crippen molar-refractivity contribution in [1.29, 1.82) is 0 Å². The van der Waals surface area contributed by atoms with Gasteiger partial charge in [0.05, 0.1) is 5.56 Å². The van der Waals surface area contributed by atoms with E-state index in [1.165, 1.54) is 18.3 Å². The Labute approximate surface area is 116 Å². The van der Waals surface area contributed by atoms with Crippen LogP contribution in [-0.2, 0) is 0 Å². The van der Waals surface area contributed by atoms with E-state index < -0.39 is 17.6 Å². The molecule has 0 aromatic carbocycles. The summed E-state index contributed by atoms with van der Waals surface area (Å²) in [6.45, 7) is 0. The van der Waals surface area contributed by atoms with Crippen LogP contribution in [0, 0.1) is 0 Å². The van der Waals surface area contributed by atoms with Crippen molar-refractivity contribution in [3.63, 3.8) is 0 Å². The average molecular weight is 207 g/mol. The van der Waals surface area contributed by atoms with E-state index in [1.54, 1.807) is 0 Å². The van der Waals surface area contributed by atoms with Crippen molar-refractivity contribution in [2.75, 3.05) is 0 Å². The third-order valence-electron chi connectivity index (χ3n) is 1.24. The van der Waals surface area contributed by atoms with Crippen LogP contribution in [-0.4, -0.2) is 78.5 Å². The Morgan fingerprint density at radius 1 is 1.23 bits per heavy atom. The molecular weight excluding hydrogens is 201 g/mol. The van der Waals surface area contributed by atoms with E-state index in [0.717, 1.165) is 0 Å². The second-order valence-corrected chi connectivity index (χ2v) is 2.01. The first-order valence-electron chi connectivity index (χ1n) is 3.04. The zero-order chi connectivity index (χ0) is 9.14. The molecule has 0 spiro atoms. The first-order valence-corrected chi connectivity index (χ1v) is 3.04. The van der Waals surface area contributed by atoms with Crippen molar-refractivity contribution in [2.24, 2.45) is 0 Å². The van der Waals surface area contributed by atoms with Gasteiger partial charge in [0, 0.05) is 6.20 Å². The molecule has 0 saturated carbocycles. The van der Waals surface area contributed by atoms with Crippen LogP contribution in [0.5, 0.6) is 0 Å². The van der Waals surface area contributed by atoms with Gasteiger partial charge in [-0.05, 0) is 12.1 Å². The summed E-state index contributed by atoms with van der Waals surface area (Å²) < 4.78 is 0. The molecule has 0 fully saturated rings. The predicted molar refractivity (Wildman–Crippen MR) is 45.3 cm³/mol. The second kappa shape index (κ2) is 5.46. The molecule has 64 valence electrons. The molecule has 0 radical (unpaired) electrons. The number of rotatable bonds is 2. The van der Waals surface area contributed by atoms with Gasteiger partial charge in [-0.15, -0.1) is 0 Å². The molecular formula is C7H6KNO4. The molecule has 1 rings (SSSR count). The van der Waals surface area contributed by atoms with Crippen molar-refractivity contribution in [2.45, 2.75) is 0 Å². The summed E-state index contributed by atoms with van der Waals surface area (Å²) >= 11 is 0. The summed E-state index contributed by atoms with van der Waals surface area (Å²) in [5, 5.41) is 17.0. The van der Waals surface area contributed by atoms with Gasteiger partial charge < -0.3 is 10.2 Å². The molecule has 6 heteroatoms. The third kappa shape index (κ3) is 3.16. The maximum absolute atomic E-state index is 10.4. The molecule has 0 atom stereocenters. The molecule has 2 N–H and O–H groups in total. The average Bonchev–Trinajstić information content (AvgIpc) is 2.04. The van der Waals surface area contributed by atoms with E-state index in [0.29, 0.717) is 0 Å². The fourth-order valence-corrected chi connectivity index (χ4v) is 0.748. The van der Waals surface area contributed by atoms with Crippen molar-refractivity contribution in [1.82, 2.24) is 4.98 Å². The van der Waals surface area contributed by atoms with E-state index in [9.17, 15) is 9.59 Å². The number of hydrogen-bond donors (Lipinski definition) is 2. The summed E-state index contributed by atoms with van der Waals surface area (Å²) in [7, 11) is 0. The van der Waals surface area contributed by atoms with Crippen LogP contribution in [0.3, 0.4) is 0 Å². The minimum atomic E-state index is -1.34. The molecule has 1 aromatic heterocycles. The van der Waals surface area contributed by atoms with Crippen molar-refractivity contribution >= 4 is 63.3 Å². The first-order chi connectivity index (χ1) is 5.63. The third-order valence-corrected chi connectivity index (χ3v) is 1.24. The van der Waals surface area contributed by atoms with Crippen molar-refractivity contribution in [3.05, 3.63) is 29.6 Å². The van der Waals surface area contributed by atoms with Gasteiger partial charge >= 0.3 is 63.3 Å². The molecule has 5 nitrogen and oxygen atoms in total. The van der Waals surface area contributed by atoms with Gasteiger partial charge in [-0.25, -0.2) is 14.6 Å². The Balaban J connectivity index is 0.00000144. The topological polar surface area (TPSA) is 87.5 Å². The quantitative estimate of drug-likeness (QED) is 0.657. The zero-order valence-electron chi connectivity index (χ0n) is 5.89. The summed E-state index contributed by atoms with van der Waals surface area (Å²) in [5.74, 6) is -2.63. The molecule has 13 heavy (non-hydrogen) atoms. The van der Waals surface area contributed by atoms with Crippen LogP contribution in [0.2, 0.25) is 0 Å². The van der Waals surface area contributed by atoms with Gasteiger partial charge in [0.2, 0.25) is 0 Å². The SMILES string of the molecule is O=C(O)c1cccnc1C(=O)O.[KH]. The van der Waals surface area contributed by atoms with Crippen LogP contribution in [0.15, 0.2) is 18.3 Å². The van der Waals surface area contributed by atoms with E-state index in [1.807, 2.05) is 0 Å². The van der Waals surface area contributed by atoms with Gasteiger partial charge in [-0.3, -0.25) is 0 Å². The summed E-state index contributed by atoms with van der Waals surface area (Å²) in [5.41, 5.74) is -0.741. The van der Waals surface area contributed by atoms with Crippen LogP contribution in [0.4, 0.5) is 0 Å². The minimum absolute atomic E-state index is 0. The summed E-state index contributed by atoms with van der Waals surface area (Å²) in [4.78, 5) is 24.2. The van der Waals surface area contributed by atoms with Crippen LogP contribution in [0.1, 0.15) is 20.8 Å². The Bertz CT molecular complexity index is 306. The van der Waals surface area contributed by atoms with Gasteiger partial charge in [-0.1, -0.05) is 0 Å². The summed E-state index contributed by atoms with van der Waals surface area (Å²) in [6.07, 6.45) is 1.23. The number of aromatic nitrogens is 1.